The molecule has 2 heterocycles. The molecule has 0 spiro atoms. The molecule has 0 bridgehead atoms. The number of thiophene rings is 1. The molecule has 0 radical (unpaired) electrons. The van der Waals surface area contributed by atoms with Gasteiger partial charge in [0.05, 0.1) is 17.7 Å². The molecule has 1 amide bonds. The van der Waals surface area contributed by atoms with Crippen molar-refractivity contribution in [2.75, 3.05) is 11.1 Å². The Morgan fingerprint density at radius 3 is 2.65 bits per heavy atom. The fourth-order valence-corrected chi connectivity index (χ4v) is 3.38. The van der Waals surface area contributed by atoms with Crippen molar-refractivity contribution in [3.63, 3.8) is 0 Å². The van der Waals surface area contributed by atoms with Crippen molar-refractivity contribution in [2.24, 2.45) is 0 Å². The molecular weight excluding hydrogens is 344 g/mol. The Labute approximate surface area is 154 Å². The lowest BCUT2D eigenvalue weighted by atomic mass is 10.1. The highest BCUT2D eigenvalue weighted by Crippen LogP contribution is 2.30. The lowest BCUT2D eigenvalue weighted by Crippen LogP contribution is -2.13. The van der Waals surface area contributed by atoms with Crippen LogP contribution in [0, 0.1) is 0 Å². The lowest BCUT2D eigenvalue weighted by Gasteiger charge is -2.10. The van der Waals surface area contributed by atoms with Crippen LogP contribution in [0.3, 0.4) is 0 Å². The molecule has 0 aliphatic heterocycles. The molecule has 0 atom stereocenters. The summed E-state index contributed by atoms with van der Waals surface area (Å²) in [6, 6.07) is 17.0. The maximum atomic E-state index is 12.6. The number of carbonyl (C=O) groups excluding carboxylic acids is 1. The van der Waals surface area contributed by atoms with E-state index in [2.05, 4.69) is 10.3 Å². The smallest absolute Gasteiger partial charge is 0.255 e. The van der Waals surface area contributed by atoms with Crippen molar-refractivity contribution < 1.29 is 4.79 Å². The summed E-state index contributed by atoms with van der Waals surface area (Å²) < 4.78 is 1.88. The fourth-order valence-electron chi connectivity index (χ4n) is 2.65. The molecular formula is C20H16N4OS. The topological polar surface area (TPSA) is 72.9 Å². The Hall–Kier alpha value is -3.38. The predicted octanol–water partition coefficient (Wildman–Crippen LogP) is 4.44. The number of nitrogen functional groups attached to an aromatic ring is 1. The molecule has 0 saturated heterocycles. The Bertz CT molecular complexity index is 1020. The molecule has 128 valence electrons. The quantitative estimate of drug-likeness (QED) is 0.529. The number of nitrogens with one attached hydrogen (secondary N) is 1. The van der Waals surface area contributed by atoms with E-state index >= 15 is 0 Å². The number of imidazole rings is 1. The molecule has 0 saturated carbocycles. The van der Waals surface area contributed by atoms with Crippen molar-refractivity contribution in [3.8, 4) is 16.1 Å². The monoisotopic (exact) mass is 360 g/mol. The number of hydrogen-bond donors (Lipinski definition) is 2. The van der Waals surface area contributed by atoms with Gasteiger partial charge in [-0.05, 0) is 53.4 Å². The Kier molecular flexibility index (Phi) is 4.25. The number of carbonyl (C=O) groups is 1. The molecule has 3 N–H and O–H groups in total. The first-order valence-corrected chi connectivity index (χ1v) is 8.92. The summed E-state index contributed by atoms with van der Waals surface area (Å²) in [5.41, 5.74) is 9.72. The van der Waals surface area contributed by atoms with E-state index in [4.69, 9.17) is 5.73 Å². The van der Waals surface area contributed by atoms with Crippen molar-refractivity contribution >= 4 is 28.6 Å². The highest BCUT2D eigenvalue weighted by Gasteiger charge is 2.10. The Morgan fingerprint density at radius 2 is 1.96 bits per heavy atom. The van der Waals surface area contributed by atoms with Gasteiger partial charge in [0, 0.05) is 28.5 Å². The van der Waals surface area contributed by atoms with Crippen LogP contribution in [0.4, 0.5) is 11.4 Å². The number of hydrogen-bond acceptors (Lipinski definition) is 4. The fraction of sp³-hybridized carbons (Fsp3) is 0. The van der Waals surface area contributed by atoms with Crippen LogP contribution in [0.5, 0.6) is 0 Å². The van der Waals surface area contributed by atoms with Crippen LogP contribution in [-0.2, 0) is 0 Å². The van der Waals surface area contributed by atoms with Gasteiger partial charge in [0.1, 0.15) is 0 Å². The van der Waals surface area contributed by atoms with Gasteiger partial charge in [0.25, 0.3) is 5.91 Å². The average molecular weight is 360 g/mol. The van der Waals surface area contributed by atoms with Crippen molar-refractivity contribution in [3.05, 3.63) is 84.3 Å². The molecule has 0 aliphatic rings. The van der Waals surface area contributed by atoms with E-state index in [0.717, 1.165) is 16.1 Å². The van der Waals surface area contributed by atoms with Crippen LogP contribution in [0.25, 0.3) is 16.1 Å². The second-order valence-electron chi connectivity index (χ2n) is 5.75. The van der Waals surface area contributed by atoms with E-state index in [1.807, 2.05) is 58.6 Å². The van der Waals surface area contributed by atoms with E-state index in [0.29, 0.717) is 16.9 Å². The summed E-state index contributed by atoms with van der Waals surface area (Å²) in [6.45, 7) is 0. The zero-order valence-electron chi connectivity index (χ0n) is 13.8. The minimum atomic E-state index is -0.197. The number of benzene rings is 2. The van der Waals surface area contributed by atoms with E-state index in [-0.39, 0.29) is 5.91 Å². The van der Waals surface area contributed by atoms with Crippen LogP contribution in [0.15, 0.2) is 78.7 Å². The summed E-state index contributed by atoms with van der Waals surface area (Å²) in [4.78, 5) is 17.7. The molecule has 5 nitrogen and oxygen atoms in total. The number of nitrogens with two attached hydrogens (primary N) is 1. The number of anilines is 2. The number of amides is 1. The van der Waals surface area contributed by atoms with E-state index < -0.39 is 0 Å². The van der Waals surface area contributed by atoms with Gasteiger partial charge in [0.2, 0.25) is 0 Å². The third-order valence-corrected chi connectivity index (χ3v) is 4.96. The first-order valence-electron chi connectivity index (χ1n) is 8.04. The van der Waals surface area contributed by atoms with Crippen LogP contribution in [-0.4, -0.2) is 15.5 Å². The molecule has 6 heteroatoms. The van der Waals surface area contributed by atoms with Crippen molar-refractivity contribution in [1.29, 1.82) is 0 Å². The molecule has 4 aromatic rings. The van der Waals surface area contributed by atoms with Crippen LogP contribution < -0.4 is 11.1 Å². The van der Waals surface area contributed by atoms with Gasteiger partial charge >= 0.3 is 0 Å². The van der Waals surface area contributed by atoms with Gasteiger partial charge in [-0.15, -0.1) is 11.3 Å². The van der Waals surface area contributed by atoms with Gasteiger partial charge in [-0.25, -0.2) is 4.98 Å². The molecule has 0 fully saturated rings. The third-order valence-electron chi connectivity index (χ3n) is 4.04. The van der Waals surface area contributed by atoms with E-state index in [9.17, 15) is 4.79 Å². The second-order valence-corrected chi connectivity index (χ2v) is 6.70. The van der Waals surface area contributed by atoms with Gasteiger partial charge < -0.3 is 15.6 Å². The zero-order valence-corrected chi connectivity index (χ0v) is 14.6. The number of aromatic nitrogens is 2. The minimum Gasteiger partial charge on any atom is -0.397 e. The van der Waals surface area contributed by atoms with Gasteiger partial charge in [-0.3, -0.25) is 4.79 Å². The standard InChI is InChI=1S/C20H16N4OS/c21-17-8-5-15(19-2-1-11-26-19)12-18(17)23-20(25)14-3-6-16(7-4-14)24-10-9-22-13-24/h1-13H,21H2,(H,23,25). The van der Waals surface area contributed by atoms with Crippen LogP contribution >= 0.6 is 11.3 Å². The van der Waals surface area contributed by atoms with Crippen LogP contribution in [0.2, 0.25) is 0 Å². The van der Waals surface area contributed by atoms with E-state index in [1.165, 1.54) is 0 Å². The van der Waals surface area contributed by atoms with Crippen molar-refractivity contribution in [2.45, 2.75) is 0 Å². The maximum Gasteiger partial charge on any atom is 0.255 e. The molecule has 26 heavy (non-hydrogen) atoms. The highest BCUT2D eigenvalue weighted by molar-refractivity contribution is 7.13. The molecule has 2 aromatic carbocycles. The predicted molar refractivity (Wildman–Crippen MR) is 106 cm³/mol. The lowest BCUT2D eigenvalue weighted by molar-refractivity contribution is 0.102. The first kappa shape index (κ1) is 16.1. The number of rotatable bonds is 4. The van der Waals surface area contributed by atoms with Crippen molar-refractivity contribution in [1.82, 2.24) is 9.55 Å². The summed E-state index contributed by atoms with van der Waals surface area (Å²) in [5.74, 6) is -0.197. The summed E-state index contributed by atoms with van der Waals surface area (Å²) >= 11 is 1.65. The Balaban J connectivity index is 1.55. The summed E-state index contributed by atoms with van der Waals surface area (Å²) in [6.07, 6.45) is 5.28. The van der Waals surface area contributed by atoms with Gasteiger partial charge in [-0.1, -0.05) is 12.1 Å². The SMILES string of the molecule is Nc1ccc(-c2cccs2)cc1NC(=O)c1ccc(-n2ccnc2)cc1. The molecule has 0 unspecified atom stereocenters. The highest BCUT2D eigenvalue weighted by atomic mass is 32.1. The maximum absolute atomic E-state index is 12.6. The summed E-state index contributed by atoms with van der Waals surface area (Å²) in [5, 5.41) is 4.92. The van der Waals surface area contributed by atoms with Crippen LogP contribution in [0.1, 0.15) is 10.4 Å². The molecule has 4 rings (SSSR count). The summed E-state index contributed by atoms with van der Waals surface area (Å²) in [7, 11) is 0. The first-order chi connectivity index (χ1) is 12.7. The number of nitrogens with zero attached hydrogens (tertiary/aromatic N) is 2. The second kappa shape index (κ2) is 6.85. The Morgan fingerprint density at radius 1 is 1.12 bits per heavy atom. The average Bonchev–Trinajstić information content (AvgIpc) is 3.38. The van der Waals surface area contributed by atoms with E-state index in [1.54, 1.807) is 36.0 Å². The largest absolute Gasteiger partial charge is 0.397 e. The van der Waals surface area contributed by atoms with Gasteiger partial charge in [0.15, 0.2) is 0 Å². The van der Waals surface area contributed by atoms with Gasteiger partial charge in [-0.2, -0.15) is 0 Å². The minimum absolute atomic E-state index is 0.197. The normalized spacial score (nSPS) is 10.6. The molecule has 2 aromatic heterocycles. The third kappa shape index (κ3) is 3.22. The molecule has 0 aliphatic carbocycles. The zero-order chi connectivity index (χ0) is 17.9.